The van der Waals surface area contributed by atoms with Crippen LogP contribution in [0.3, 0.4) is 0 Å². The third-order valence-corrected chi connectivity index (χ3v) is 3.86. The van der Waals surface area contributed by atoms with Crippen LogP contribution < -0.4 is 0 Å². The maximum Gasteiger partial charge on any atom is 0.318 e. The number of hydrogen-bond donors (Lipinski definition) is 2. The van der Waals surface area contributed by atoms with Crippen LogP contribution in [0.5, 0.6) is 0 Å². The van der Waals surface area contributed by atoms with Crippen LogP contribution in [0.2, 0.25) is 0 Å². The molecule has 1 aliphatic rings. The largest absolute Gasteiger partial charge is 0.481 e. The molecule has 0 aromatic heterocycles. The molecule has 2 atom stereocenters. The van der Waals surface area contributed by atoms with Crippen LogP contribution in [0, 0.1) is 11.3 Å². The Bertz CT molecular complexity index is 644. The van der Waals surface area contributed by atoms with E-state index >= 15 is 0 Å². The van der Waals surface area contributed by atoms with Crippen molar-refractivity contribution >= 4 is 11.9 Å². The zero-order chi connectivity index (χ0) is 15.5. The topological polar surface area (TPSA) is 98.4 Å². The average molecular weight is 285 g/mol. The molecule has 0 spiro atoms. The van der Waals surface area contributed by atoms with Gasteiger partial charge in [0.05, 0.1) is 6.07 Å². The third-order valence-electron chi connectivity index (χ3n) is 3.86. The van der Waals surface area contributed by atoms with E-state index in [4.69, 9.17) is 5.26 Å². The molecule has 0 aliphatic heterocycles. The Morgan fingerprint density at radius 2 is 2.00 bits per heavy atom. The van der Waals surface area contributed by atoms with Crippen LogP contribution in [0.15, 0.2) is 36.4 Å². The lowest BCUT2D eigenvalue weighted by molar-refractivity contribution is -0.143. The lowest BCUT2D eigenvalue weighted by Crippen LogP contribution is -2.38. The molecule has 1 aromatic rings. The van der Waals surface area contributed by atoms with Gasteiger partial charge in [0.15, 0.2) is 0 Å². The smallest absolute Gasteiger partial charge is 0.318 e. The van der Waals surface area contributed by atoms with E-state index in [2.05, 4.69) is 0 Å². The van der Waals surface area contributed by atoms with Gasteiger partial charge in [-0.1, -0.05) is 36.4 Å². The number of rotatable bonds is 5. The minimum Gasteiger partial charge on any atom is -0.481 e. The van der Waals surface area contributed by atoms with Crippen LogP contribution in [0.4, 0.5) is 0 Å². The minimum atomic E-state index is -1.25. The molecule has 0 amide bonds. The third kappa shape index (κ3) is 2.52. The maximum atomic E-state index is 11.8. The number of hydrogen-bond acceptors (Lipinski definition) is 3. The van der Waals surface area contributed by atoms with E-state index in [0.29, 0.717) is 17.5 Å². The average Bonchev–Trinajstić information content (AvgIpc) is 2.47. The van der Waals surface area contributed by atoms with Crippen molar-refractivity contribution in [2.75, 3.05) is 0 Å². The second-order valence-electron chi connectivity index (χ2n) is 5.05. The fourth-order valence-electron chi connectivity index (χ4n) is 2.80. The number of nitrogens with zero attached hydrogens (tertiary/aromatic N) is 1. The van der Waals surface area contributed by atoms with Gasteiger partial charge in [-0.3, -0.25) is 9.59 Å². The van der Waals surface area contributed by atoms with Gasteiger partial charge in [-0.15, -0.1) is 0 Å². The van der Waals surface area contributed by atoms with Crippen molar-refractivity contribution in [3.63, 3.8) is 0 Å². The van der Waals surface area contributed by atoms with Crippen LogP contribution in [0.25, 0.3) is 0 Å². The lowest BCUT2D eigenvalue weighted by Gasteiger charge is -2.33. The zero-order valence-electron chi connectivity index (χ0n) is 11.3. The van der Waals surface area contributed by atoms with E-state index in [-0.39, 0.29) is 12.8 Å². The summed E-state index contributed by atoms with van der Waals surface area (Å²) >= 11 is 0. The van der Waals surface area contributed by atoms with Crippen molar-refractivity contribution in [2.45, 2.75) is 30.6 Å². The first-order chi connectivity index (χ1) is 10.0. The van der Waals surface area contributed by atoms with Gasteiger partial charge in [0.25, 0.3) is 0 Å². The van der Waals surface area contributed by atoms with Gasteiger partial charge in [-0.2, -0.15) is 5.26 Å². The number of benzene rings is 1. The van der Waals surface area contributed by atoms with Gasteiger partial charge in [-0.25, -0.2) is 0 Å². The predicted octanol–water partition coefficient (Wildman–Crippen LogP) is 2.44. The van der Waals surface area contributed by atoms with Crippen molar-refractivity contribution in [1.82, 2.24) is 0 Å². The number of carboxylic acid groups (broad SMARTS) is 2. The molecule has 0 saturated heterocycles. The minimum absolute atomic E-state index is 0.271. The molecule has 1 aromatic carbocycles. The Morgan fingerprint density at radius 1 is 1.29 bits per heavy atom. The van der Waals surface area contributed by atoms with E-state index < -0.39 is 23.3 Å². The molecule has 0 unspecified atom stereocenters. The highest BCUT2D eigenvalue weighted by Crippen LogP contribution is 2.41. The lowest BCUT2D eigenvalue weighted by atomic mass is 9.68. The molecular weight excluding hydrogens is 270 g/mol. The summed E-state index contributed by atoms with van der Waals surface area (Å²) in [6, 6.07) is 8.73. The summed E-state index contributed by atoms with van der Waals surface area (Å²) in [6.07, 6.45) is 3.89. The summed E-state index contributed by atoms with van der Waals surface area (Å²) in [5.41, 5.74) is -0.239. The van der Waals surface area contributed by atoms with Crippen molar-refractivity contribution in [1.29, 1.82) is 5.26 Å². The summed E-state index contributed by atoms with van der Waals surface area (Å²) in [5.74, 6) is -2.85. The number of carbonyl (C=O) groups is 2. The fraction of sp³-hybridized carbons (Fsp3) is 0.312. The highest BCUT2D eigenvalue weighted by atomic mass is 16.4. The maximum absolute atomic E-state index is 11.8. The number of fused-ring (bicyclic) bond motifs is 1. The molecular formula is C16H15NO4. The molecule has 5 heteroatoms. The number of aliphatic carboxylic acids is 2. The van der Waals surface area contributed by atoms with Crippen LogP contribution in [0.1, 0.15) is 36.3 Å². The Morgan fingerprint density at radius 3 is 2.62 bits per heavy atom. The Hall–Kier alpha value is -2.61. The molecule has 2 N–H and O–H groups in total. The predicted molar refractivity (Wildman–Crippen MR) is 74.7 cm³/mol. The summed E-state index contributed by atoms with van der Waals surface area (Å²) in [6.45, 7) is 0. The van der Waals surface area contributed by atoms with Crippen LogP contribution in [-0.2, 0) is 15.0 Å². The van der Waals surface area contributed by atoms with Gasteiger partial charge in [-0.05, 0) is 24.0 Å². The van der Waals surface area contributed by atoms with Crippen molar-refractivity contribution in [3.8, 4) is 6.07 Å². The first kappa shape index (κ1) is 14.8. The molecule has 0 bridgehead atoms. The molecule has 0 radical (unpaired) electrons. The molecule has 0 heterocycles. The SMILES string of the molecule is N#CCCC[C@]1(C(=O)O)C=C[C@H](C(=O)O)c2ccccc21. The van der Waals surface area contributed by atoms with Crippen molar-refractivity contribution in [2.24, 2.45) is 0 Å². The van der Waals surface area contributed by atoms with Gasteiger partial charge < -0.3 is 10.2 Å². The highest BCUT2D eigenvalue weighted by Gasteiger charge is 2.43. The number of unbranched alkanes of at least 4 members (excludes halogenated alkanes) is 1. The second-order valence-corrected chi connectivity index (χ2v) is 5.05. The first-order valence-electron chi connectivity index (χ1n) is 6.65. The molecule has 108 valence electrons. The van der Waals surface area contributed by atoms with E-state index in [1.165, 1.54) is 12.2 Å². The van der Waals surface area contributed by atoms with Gasteiger partial charge in [0.1, 0.15) is 11.3 Å². The first-order valence-corrected chi connectivity index (χ1v) is 6.65. The van der Waals surface area contributed by atoms with E-state index in [1.54, 1.807) is 24.3 Å². The zero-order valence-corrected chi connectivity index (χ0v) is 11.3. The quantitative estimate of drug-likeness (QED) is 0.639. The van der Waals surface area contributed by atoms with Gasteiger partial charge in [0.2, 0.25) is 0 Å². The van der Waals surface area contributed by atoms with Crippen molar-refractivity contribution in [3.05, 3.63) is 47.5 Å². The molecule has 0 saturated carbocycles. The normalized spacial score (nSPS) is 23.1. The van der Waals surface area contributed by atoms with E-state index in [9.17, 15) is 19.8 Å². The van der Waals surface area contributed by atoms with E-state index in [0.717, 1.165) is 0 Å². The molecule has 5 nitrogen and oxygen atoms in total. The molecule has 2 rings (SSSR count). The molecule has 21 heavy (non-hydrogen) atoms. The number of nitriles is 1. The van der Waals surface area contributed by atoms with Crippen molar-refractivity contribution < 1.29 is 19.8 Å². The van der Waals surface area contributed by atoms with Crippen LogP contribution in [-0.4, -0.2) is 22.2 Å². The summed E-state index contributed by atoms with van der Waals surface area (Å²) in [4.78, 5) is 23.1. The van der Waals surface area contributed by atoms with Gasteiger partial charge >= 0.3 is 11.9 Å². The Kier molecular flexibility index (Phi) is 4.08. The molecule has 0 fully saturated rings. The summed E-state index contributed by atoms with van der Waals surface area (Å²) in [7, 11) is 0. The highest BCUT2D eigenvalue weighted by molar-refractivity contribution is 5.89. The van der Waals surface area contributed by atoms with E-state index in [1.807, 2.05) is 6.07 Å². The summed E-state index contributed by atoms with van der Waals surface area (Å²) in [5, 5.41) is 27.6. The molecule has 1 aliphatic carbocycles. The van der Waals surface area contributed by atoms with Crippen LogP contribution >= 0.6 is 0 Å². The monoisotopic (exact) mass is 285 g/mol. The number of carboxylic acids is 2. The summed E-state index contributed by atoms with van der Waals surface area (Å²) < 4.78 is 0. The second kappa shape index (κ2) is 5.80. The standard InChI is InChI=1S/C16H15NO4/c17-10-4-3-8-16(15(20)21)9-7-12(14(18)19)11-5-1-2-6-13(11)16/h1-2,5-7,9,12H,3-4,8H2,(H,18,19)(H,20,21)/t12-,16-/m0/s1. The Labute approximate surface area is 122 Å². The Balaban J connectivity index is 2.53. The van der Waals surface area contributed by atoms with Gasteiger partial charge in [0, 0.05) is 6.42 Å². The fourth-order valence-corrected chi connectivity index (χ4v) is 2.80.